The first-order valence-corrected chi connectivity index (χ1v) is 8.74. The third-order valence-corrected chi connectivity index (χ3v) is 4.40. The number of nitrogens with one attached hydrogen (secondary N) is 1. The molecule has 0 atom stereocenters. The summed E-state index contributed by atoms with van der Waals surface area (Å²) < 4.78 is 21.5. The maximum Gasteiger partial charge on any atom is 0.217 e. The fourth-order valence-electron chi connectivity index (χ4n) is 2.49. The molecule has 5 nitrogen and oxygen atoms in total. The lowest BCUT2D eigenvalue weighted by molar-refractivity contribution is 0.241. The Morgan fingerprint density at radius 2 is 2.15 bits per heavy atom. The first kappa shape index (κ1) is 18.6. The highest BCUT2D eigenvalue weighted by atomic mass is 35.5. The Hall–Kier alpha value is -2.22. The van der Waals surface area contributed by atoms with E-state index in [-0.39, 0.29) is 5.82 Å². The van der Waals surface area contributed by atoms with Crippen LogP contribution >= 0.6 is 23.8 Å². The molecule has 2 aromatic heterocycles. The molecule has 1 N–H and O–H groups in total. The molecule has 8 heteroatoms. The molecule has 1 aromatic carbocycles. The maximum absolute atomic E-state index is 13.9. The molecule has 3 rings (SSSR count). The molecule has 0 aliphatic heterocycles. The highest BCUT2D eigenvalue weighted by Gasteiger charge is 2.11. The smallest absolute Gasteiger partial charge is 0.217 e. The second-order valence-electron chi connectivity index (χ2n) is 5.96. The van der Waals surface area contributed by atoms with E-state index in [1.807, 2.05) is 37.1 Å². The van der Waals surface area contributed by atoms with Gasteiger partial charge in [0.15, 0.2) is 0 Å². The minimum absolute atomic E-state index is 0.324. The van der Waals surface area contributed by atoms with Crippen LogP contribution in [0.2, 0.25) is 5.02 Å². The molecule has 0 saturated heterocycles. The van der Waals surface area contributed by atoms with Gasteiger partial charge in [0, 0.05) is 17.1 Å². The zero-order valence-electron chi connectivity index (χ0n) is 14.4. The van der Waals surface area contributed by atoms with Crippen molar-refractivity contribution >= 4 is 36.0 Å². The summed E-state index contributed by atoms with van der Waals surface area (Å²) in [6.45, 7) is 2.66. The van der Waals surface area contributed by atoms with Gasteiger partial charge in [-0.05, 0) is 62.6 Å². The topological polar surface area (TPSA) is 50.0 Å². The lowest BCUT2D eigenvalue weighted by Gasteiger charge is -2.18. The predicted octanol–water partition coefficient (Wildman–Crippen LogP) is 4.89. The van der Waals surface area contributed by atoms with Crippen LogP contribution in [-0.2, 0) is 13.2 Å². The van der Waals surface area contributed by atoms with Crippen molar-refractivity contribution in [2.75, 3.05) is 7.05 Å². The number of nitrogens with zero attached hydrogens (tertiary/aromatic N) is 3. The number of H-pyrrole nitrogens is 1. The van der Waals surface area contributed by atoms with Crippen LogP contribution < -0.4 is 0 Å². The number of furan rings is 1. The quantitative estimate of drug-likeness (QED) is 0.606. The van der Waals surface area contributed by atoms with Crippen LogP contribution in [0.4, 0.5) is 4.39 Å². The Labute approximate surface area is 160 Å². The number of hydrogen-bond donors (Lipinski definition) is 1. The van der Waals surface area contributed by atoms with Gasteiger partial charge < -0.3 is 4.42 Å². The lowest BCUT2D eigenvalue weighted by atomic mass is 10.2. The van der Waals surface area contributed by atoms with E-state index < -0.39 is 0 Å². The van der Waals surface area contributed by atoms with E-state index in [0.717, 1.165) is 11.5 Å². The molecule has 0 aliphatic rings. The van der Waals surface area contributed by atoms with Crippen molar-refractivity contribution in [1.29, 1.82) is 0 Å². The molecule has 0 fully saturated rings. The molecular formula is C18H18ClFN4OS. The molecule has 26 heavy (non-hydrogen) atoms. The number of rotatable bonds is 6. The Morgan fingerprint density at radius 3 is 2.85 bits per heavy atom. The van der Waals surface area contributed by atoms with Crippen LogP contribution in [0.3, 0.4) is 0 Å². The van der Waals surface area contributed by atoms with Crippen LogP contribution in [0.5, 0.6) is 0 Å². The van der Waals surface area contributed by atoms with Crippen LogP contribution in [0.15, 0.2) is 34.7 Å². The van der Waals surface area contributed by atoms with Gasteiger partial charge in [0.25, 0.3) is 0 Å². The summed E-state index contributed by atoms with van der Waals surface area (Å²) >= 11 is 11.4. The minimum atomic E-state index is -0.324. The average Bonchev–Trinajstić information content (AvgIpc) is 3.15. The molecule has 0 spiro atoms. The predicted molar refractivity (Wildman–Crippen MR) is 103 cm³/mol. The van der Waals surface area contributed by atoms with Crippen LogP contribution in [0, 0.1) is 17.5 Å². The molecule has 3 aromatic rings. The monoisotopic (exact) mass is 392 g/mol. The minimum Gasteiger partial charge on any atom is -0.462 e. The molecule has 0 bridgehead atoms. The third kappa shape index (κ3) is 4.49. The standard InChI is InChI=1S/C18H18ClFN4OS/c1-12-6-7-13(25-12)8-9-17-21-18(26)24(22-17)11-23(2)10-14-15(19)4-3-5-16(14)20/h3-9H,10-11H2,1-2H3,(H,21,22,26). The molecule has 0 amide bonds. The number of aromatic nitrogens is 3. The number of halogens is 2. The van der Waals surface area contributed by atoms with E-state index in [2.05, 4.69) is 10.1 Å². The summed E-state index contributed by atoms with van der Waals surface area (Å²) in [4.78, 5) is 6.19. The summed E-state index contributed by atoms with van der Waals surface area (Å²) in [5.74, 6) is 1.87. The number of hydrogen-bond acceptors (Lipinski definition) is 4. The van der Waals surface area contributed by atoms with E-state index in [9.17, 15) is 4.39 Å². The van der Waals surface area contributed by atoms with Crippen molar-refractivity contribution in [3.8, 4) is 0 Å². The Balaban J connectivity index is 1.69. The lowest BCUT2D eigenvalue weighted by Crippen LogP contribution is -2.23. The van der Waals surface area contributed by atoms with Gasteiger partial charge in [0.1, 0.15) is 23.2 Å². The normalized spacial score (nSPS) is 11.7. The second-order valence-corrected chi connectivity index (χ2v) is 6.73. The molecule has 136 valence electrons. The van der Waals surface area contributed by atoms with E-state index in [1.165, 1.54) is 6.07 Å². The largest absolute Gasteiger partial charge is 0.462 e. The summed E-state index contributed by atoms with van der Waals surface area (Å²) in [5.41, 5.74) is 0.455. The Kier molecular flexibility index (Phi) is 5.70. The Morgan fingerprint density at radius 1 is 1.35 bits per heavy atom. The zero-order chi connectivity index (χ0) is 18.7. The SMILES string of the molecule is Cc1ccc(C=Cc2nc(=S)n(CN(C)Cc3c(F)cccc3Cl)[nH]2)o1. The molecule has 0 radical (unpaired) electrons. The fourth-order valence-corrected chi connectivity index (χ4v) is 2.92. The summed E-state index contributed by atoms with van der Waals surface area (Å²) in [7, 11) is 1.85. The van der Waals surface area contributed by atoms with Gasteiger partial charge in [-0.3, -0.25) is 10.00 Å². The van der Waals surface area contributed by atoms with Crippen LogP contribution in [0.25, 0.3) is 12.2 Å². The van der Waals surface area contributed by atoms with Crippen molar-refractivity contribution in [1.82, 2.24) is 19.7 Å². The van der Waals surface area contributed by atoms with E-state index in [1.54, 1.807) is 22.9 Å². The molecular weight excluding hydrogens is 375 g/mol. The second kappa shape index (κ2) is 7.99. The van der Waals surface area contributed by atoms with E-state index in [0.29, 0.717) is 34.4 Å². The summed E-state index contributed by atoms with van der Waals surface area (Å²) in [6, 6.07) is 8.43. The average molecular weight is 393 g/mol. The van der Waals surface area contributed by atoms with Gasteiger partial charge in [0.2, 0.25) is 4.77 Å². The Bertz CT molecular complexity index is 971. The zero-order valence-corrected chi connectivity index (χ0v) is 15.9. The van der Waals surface area contributed by atoms with Gasteiger partial charge in [-0.25, -0.2) is 9.07 Å². The highest BCUT2D eigenvalue weighted by molar-refractivity contribution is 7.71. The molecule has 2 heterocycles. The van der Waals surface area contributed by atoms with Gasteiger partial charge in [0.05, 0.1) is 6.67 Å². The maximum atomic E-state index is 13.9. The summed E-state index contributed by atoms with van der Waals surface area (Å²) in [6.07, 6.45) is 3.60. The fraction of sp³-hybridized carbons (Fsp3) is 0.222. The van der Waals surface area contributed by atoms with Crippen molar-refractivity contribution in [2.45, 2.75) is 20.1 Å². The van der Waals surface area contributed by atoms with Gasteiger partial charge in [-0.15, -0.1) is 0 Å². The van der Waals surface area contributed by atoms with Crippen molar-refractivity contribution in [2.24, 2.45) is 0 Å². The van der Waals surface area contributed by atoms with Crippen molar-refractivity contribution < 1.29 is 8.81 Å². The number of benzene rings is 1. The highest BCUT2D eigenvalue weighted by Crippen LogP contribution is 2.20. The van der Waals surface area contributed by atoms with Gasteiger partial charge >= 0.3 is 0 Å². The number of aromatic amines is 1. The molecule has 0 unspecified atom stereocenters. The van der Waals surface area contributed by atoms with Crippen LogP contribution in [-0.4, -0.2) is 26.7 Å². The van der Waals surface area contributed by atoms with Gasteiger partial charge in [-0.1, -0.05) is 17.7 Å². The molecule has 0 aliphatic carbocycles. The summed E-state index contributed by atoms with van der Waals surface area (Å²) in [5, 5.41) is 3.51. The number of aryl methyl sites for hydroxylation is 1. The van der Waals surface area contributed by atoms with Crippen molar-refractivity contribution in [3.63, 3.8) is 0 Å². The van der Waals surface area contributed by atoms with Crippen LogP contribution in [0.1, 0.15) is 22.9 Å². The third-order valence-electron chi connectivity index (χ3n) is 3.74. The van der Waals surface area contributed by atoms with E-state index in [4.69, 9.17) is 28.2 Å². The first-order valence-electron chi connectivity index (χ1n) is 7.95. The van der Waals surface area contributed by atoms with E-state index >= 15 is 0 Å². The van der Waals surface area contributed by atoms with Crippen molar-refractivity contribution in [3.05, 3.63) is 68.9 Å². The first-order chi connectivity index (χ1) is 12.4. The van der Waals surface area contributed by atoms with Gasteiger partial charge in [-0.2, -0.15) is 4.98 Å². The molecule has 0 saturated carbocycles.